The van der Waals surface area contributed by atoms with Gasteiger partial charge in [0.05, 0.1) is 10.5 Å². The van der Waals surface area contributed by atoms with Crippen molar-refractivity contribution in [3.05, 3.63) is 59.2 Å². The molecule has 1 fully saturated rings. The summed E-state index contributed by atoms with van der Waals surface area (Å²) in [5, 5.41) is 2.64. The number of carbonyl (C=O) groups excluding carboxylic acids is 3. The van der Waals surface area contributed by atoms with Crippen molar-refractivity contribution in [1.29, 1.82) is 0 Å². The van der Waals surface area contributed by atoms with Gasteiger partial charge in [-0.1, -0.05) is 18.2 Å². The first-order valence-electron chi connectivity index (χ1n) is 10.9. The highest BCUT2D eigenvalue weighted by molar-refractivity contribution is 7.89. The van der Waals surface area contributed by atoms with E-state index in [1.165, 1.54) is 33.2 Å². The van der Waals surface area contributed by atoms with Gasteiger partial charge < -0.3 is 15.0 Å². The van der Waals surface area contributed by atoms with Crippen molar-refractivity contribution < 1.29 is 27.5 Å². The summed E-state index contributed by atoms with van der Waals surface area (Å²) in [6.45, 7) is 4.40. The van der Waals surface area contributed by atoms with Gasteiger partial charge in [0.2, 0.25) is 15.9 Å². The average Bonchev–Trinajstić information content (AvgIpc) is 3.19. The number of ether oxygens (including phenoxy) is 1. The smallest absolute Gasteiger partial charge is 0.338 e. The van der Waals surface area contributed by atoms with Gasteiger partial charge in [-0.3, -0.25) is 9.59 Å². The van der Waals surface area contributed by atoms with Crippen LogP contribution in [0.5, 0.6) is 0 Å². The number of carbonyl (C=O) groups is 3. The second kappa shape index (κ2) is 10.4. The fourth-order valence-electron chi connectivity index (χ4n) is 3.46. The minimum absolute atomic E-state index is 0.0405. The Labute approximate surface area is 199 Å². The van der Waals surface area contributed by atoms with E-state index in [2.05, 4.69) is 5.32 Å². The molecule has 0 aliphatic carbocycles. The molecular weight excluding hydrogens is 458 g/mol. The predicted molar refractivity (Wildman–Crippen MR) is 127 cm³/mol. The maximum atomic E-state index is 12.6. The Hall–Kier alpha value is -3.24. The number of nitrogens with zero attached hydrogens (tertiary/aromatic N) is 2. The average molecular weight is 488 g/mol. The molecule has 182 valence electrons. The molecule has 2 amide bonds. The second-order valence-corrected chi connectivity index (χ2v) is 10.6. The predicted octanol–water partition coefficient (Wildman–Crippen LogP) is 2.55. The molecule has 1 saturated heterocycles. The quantitative estimate of drug-likeness (QED) is 0.573. The van der Waals surface area contributed by atoms with Crippen LogP contribution in [0.3, 0.4) is 0 Å². The van der Waals surface area contributed by atoms with Gasteiger partial charge in [0, 0.05) is 39.3 Å². The van der Waals surface area contributed by atoms with Gasteiger partial charge in [0.25, 0.3) is 5.91 Å². The van der Waals surface area contributed by atoms with Crippen LogP contribution in [0.1, 0.15) is 41.3 Å². The molecule has 1 unspecified atom stereocenters. The molecule has 1 atom stereocenters. The first kappa shape index (κ1) is 25.4. The lowest BCUT2D eigenvalue weighted by Crippen LogP contribution is -2.30. The van der Waals surface area contributed by atoms with Crippen LogP contribution in [0.15, 0.2) is 47.4 Å². The number of hydrogen-bond acceptors (Lipinski definition) is 6. The third kappa shape index (κ3) is 5.81. The number of benzene rings is 2. The van der Waals surface area contributed by atoms with Gasteiger partial charge in [-0.25, -0.2) is 17.5 Å². The van der Waals surface area contributed by atoms with Gasteiger partial charge in [-0.2, -0.15) is 0 Å². The van der Waals surface area contributed by atoms with Gasteiger partial charge in [0.1, 0.15) is 0 Å². The Balaban J connectivity index is 1.62. The number of sulfonamides is 1. The third-order valence-electron chi connectivity index (χ3n) is 5.63. The Morgan fingerprint density at radius 1 is 1.15 bits per heavy atom. The lowest BCUT2D eigenvalue weighted by molar-refractivity contribution is -0.128. The molecule has 10 heteroatoms. The normalized spacial score (nSPS) is 14.9. The van der Waals surface area contributed by atoms with Crippen molar-refractivity contribution >= 4 is 33.5 Å². The van der Waals surface area contributed by atoms with E-state index in [0.29, 0.717) is 24.2 Å². The number of amides is 2. The van der Waals surface area contributed by atoms with Crippen molar-refractivity contribution in [2.45, 2.75) is 44.2 Å². The maximum Gasteiger partial charge on any atom is 0.338 e. The molecular formula is C24H29N3O6S. The summed E-state index contributed by atoms with van der Waals surface area (Å²) in [5.41, 5.74) is 2.17. The zero-order chi connectivity index (χ0) is 25.0. The van der Waals surface area contributed by atoms with Crippen molar-refractivity contribution in [3.8, 4) is 0 Å². The maximum absolute atomic E-state index is 12.6. The SMILES string of the molecule is Cc1ccc(S(=O)(=O)N(C)C)cc1NC(=O)C(C)OC(=O)c1ccc(CN2CCCC2=O)cc1. The van der Waals surface area contributed by atoms with Crippen LogP contribution < -0.4 is 5.32 Å². The van der Waals surface area contributed by atoms with Crippen LogP contribution >= 0.6 is 0 Å². The van der Waals surface area contributed by atoms with Crippen molar-refractivity contribution in [2.24, 2.45) is 0 Å². The number of hydrogen-bond donors (Lipinski definition) is 1. The fourth-order valence-corrected chi connectivity index (χ4v) is 4.39. The zero-order valence-electron chi connectivity index (χ0n) is 19.7. The highest BCUT2D eigenvalue weighted by Gasteiger charge is 2.23. The molecule has 2 aromatic rings. The first-order valence-corrected chi connectivity index (χ1v) is 12.3. The van der Waals surface area contributed by atoms with E-state index in [9.17, 15) is 22.8 Å². The number of likely N-dealkylation sites (tertiary alicyclic amines) is 1. The summed E-state index contributed by atoms with van der Waals surface area (Å²) in [6, 6.07) is 11.2. The van der Waals surface area contributed by atoms with E-state index in [1.54, 1.807) is 42.2 Å². The summed E-state index contributed by atoms with van der Waals surface area (Å²) in [7, 11) is -0.819. The Morgan fingerprint density at radius 2 is 1.82 bits per heavy atom. The van der Waals surface area contributed by atoms with E-state index in [-0.39, 0.29) is 16.4 Å². The zero-order valence-corrected chi connectivity index (χ0v) is 20.5. The van der Waals surface area contributed by atoms with Gasteiger partial charge >= 0.3 is 5.97 Å². The molecule has 1 aliphatic rings. The minimum Gasteiger partial charge on any atom is -0.449 e. The van der Waals surface area contributed by atoms with E-state index in [4.69, 9.17) is 4.74 Å². The monoisotopic (exact) mass is 487 g/mol. The van der Waals surface area contributed by atoms with Gasteiger partial charge in [-0.05, 0) is 55.7 Å². The molecule has 0 spiro atoms. The highest BCUT2D eigenvalue weighted by atomic mass is 32.2. The van der Waals surface area contributed by atoms with E-state index in [0.717, 1.165) is 22.8 Å². The molecule has 0 radical (unpaired) electrons. The van der Waals surface area contributed by atoms with Crippen LogP contribution in [-0.4, -0.2) is 62.2 Å². The number of rotatable bonds is 8. The first-order chi connectivity index (χ1) is 16.0. The summed E-state index contributed by atoms with van der Waals surface area (Å²) >= 11 is 0. The van der Waals surface area contributed by atoms with Crippen molar-refractivity contribution in [2.75, 3.05) is 26.0 Å². The largest absolute Gasteiger partial charge is 0.449 e. The van der Waals surface area contributed by atoms with Gasteiger partial charge in [0.15, 0.2) is 6.10 Å². The summed E-state index contributed by atoms with van der Waals surface area (Å²) < 4.78 is 31.1. The van der Waals surface area contributed by atoms with E-state index < -0.39 is 28.0 Å². The number of esters is 1. The molecule has 1 N–H and O–H groups in total. The topological polar surface area (TPSA) is 113 Å². The van der Waals surface area contributed by atoms with Crippen molar-refractivity contribution in [1.82, 2.24) is 9.21 Å². The third-order valence-corrected chi connectivity index (χ3v) is 7.44. The van der Waals surface area contributed by atoms with Crippen molar-refractivity contribution in [3.63, 3.8) is 0 Å². The number of nitrogens with one attached hydrogen (secondary N) is 1. The highest BCUT2D eigenvalue weighted by Crippen LogP contribution is 2.22. The van der Waals surface area contributed by atoms with E-state index >= 15 is 0 Å². The Kier molecular flexibility index (Phi) is 7.73. The summed E-state index contributed by atoms with van der Waals surface area (Å²) in [5.74, 6) is -1.12. The standard InChI is InChI=1S/C24H29N3O6S/c1-16-7-12-20(34(31,32)26(3)4)14-21(16)25-23(29)17(2)33-24(30)19-10-8-18(9-11-19)15-27-13-5-6-22(27)28/h7-12,14,17H,5-6,13,15H2,1-4H3,(H,25,29). The minimum atomic E-state index is -3.67. The van der Waals surface area contributed by atoms with Crippen LogP contribution in [0.25, 0.3) is 0 Å². The molecule has 2 aromatic carbocycles. The molecule has 3 rings (SSSR count). The lowest BCUT2D eigenvalue weighted by Gasteiger charge is -2.17. The van der Waals surface area contributed by atoms with Crippen LogP contribution in [0, 0.1) is 6.92 Å². The molecule has 9 nitrogen and oxygen atoms in total. The lowest BCUT2D eigenvalue weighted by atomic mass is 10.1. The molecule has 34 heavy (non-hydrogen) atoms. The summed E-state index contributed by atoms with van der Waals surface area (Å²) in [6.07, 6.45) is 0.320. The molecule has 1 aliphatic heterocycles. The Bertz CT molecular complexity index is 1190. The summed E-state index contributed by atoms with van der Waals surface area (Å²) in [4.78, 5) is 38.7. The molecule has 0 saturated carbocycles. The van der Waals surface area contributed by atoms with Crippen LogP contribution in [0.2, 0.25) is 0 Å². The molecule has 0 aromatic heterocycles. The second-order valence-electron chi connectivity index (χ2n) is 8.42. The van der Waals surface area contributed by atoms with E-state index in [1.807, 2.05) is 0 Å². The van der Waals surface area contributed by atoms with Crippen LogP contribution in [-0.2, 0) is 30.9 Å². The number of aryl methyl sites for hydroxylation is 1. The molecule has 0 bridgehead atoms. The Morgan fingerprint density at radius 3 is 2.41 bits per heavy atom. The number of anilines is 1. The van der Waals surface area contributed by atoms with Crippen LogP contribution in [0.4, 0.5) is 5.69 Å². The molecule has 1 heterocycles. The fraction of sp³-hybridized carbons (Fsp3) is 0.375. The van der Waals surface area contributed by atoms with Gasteiger partial charge in [-0.15, -0.1) is 0 Å².